The van der Waals surface area contributed by atoms with E-state index in [0.29, 0.717) is 24.2 Å². The van der Waals surface area contributed by atoms with E-state index in [2.05, 4.69) is 4.98 Å². The maximum atomic E-state index is 13.2. The third-order valence-corrected chi connectivity index (χ3v) is 2.86. The quantitative estimate of drug-likeness (QED) is 0.780. The first kappa shape index (κ1) is 13.6. The van der Waals surface area contributed by atoms with Crippen LogP contribution in [0.15, 0.2) is 11.0 Å². The van der Waals surface area contributed by atoms with Crippen molar-refractivity contribution in [3.05, 3.63) is 33.5 Å². The Bertz CT molecular complexity index is 560. The minimum atomic E-state index is -0.829. The molecule has 0 unspecified atom stereocenters. The number of pyridine rings is 1. The third-order valence-electron chi connectivity index (χ3n) is 2.86. The number of rotatable bonds is 0. The van der Waals surface area contributed by atoms with Gasteiger partial charge in [0.1, 0.15) is 5.60 Å². The Kier molecular flexibility index (Phi) is 3.34. The van der Waals surface area contributed by atoms with Crippen LogP contribution in [0.2, 0.25) is 0 Å². The highest BCUT2D eigenvalue weighted by molar-refractivity contribution is 5.68. The second-order valence-corrected chi connectivity index (χ2v) is 5.57. The van der Waals surface area contributed by atoms with E-state index in [1.54, 1.807) is 20.8 Å². The van der Waals surface area contributed by atoms with Gasteiger partial charge in [-0.25, -0.2) is 9.18 Å². The lowest BCUT2D eigenvalue weighted by Gasteiger charge is -2.30. The normalized spacial score (nSPS) is 15.1. The van der Waals surface area contributed by atoms with Crippen molar-refractivity contribution >= 4 is 6.09 Å². The summed E-state index contributed by atoms with van der Waals surface area (Å²) in [4.78, 5) is 27.8. The first-order valence-electron chi connectivity index (χ1n) is 6.15. The number of carbonyl (C=O) groups is 1. The number of ether oxygens (including phenoxy) is 1. The predicted molar refractivity (Wildman–Crippen MR) is 67.4 cm³/mol. The fourth-order valence-electron chi connectivity index (χ4n) is 1.97. The van der Waals surface area contributed by atoms with Crippen molar-refractivity contribution in [1.29, 1.82) is 0 Å². The van der Waals surface area contributed by atoms with Crippen molar-refractivity contribution < 1.29 is 13.9 Å². The molecule has 1 aliphatic heterocycles. The van der Waals surface area contributed by atoms with Crippen molar-refractivity contribution in [2.45, 2.75) is 39.3 Å². The number of nitrogens with zero attached hydrogens (tertiary/aromatic N) is 1. The summed E-state index contributed by atoms with van der Waals surface area (Å²) >= 11 is 0. The van der Waals surface area contributed by atoms with Gasteiger partial charge in [-0.2, -0.15) is 0 Å². The summed E-state index contributed by atoms with van der Waals surface area (Å²) in [5.41, 5.74) is -0.253. The van der Waals surface area contributed by atoms with Crippen LogP contribution in [0, 0.1) is 5.82 Å². The summed E-state index contributed by atoms with van der Waals surface area (Å²) in [6, 6.07) is 0. The lowest BCUT2D eigenvalue weighted by Crippen LogP contribution is -2.42. The average Bonchev–Trinajstić information content (AvgIpc) is 2.31. The van der Waals surface area contributed by atoms with Crippen LogP contribution >= 0.6 is 0 Å². The van der Waals surface area contributed by atoms with Crippen molar-refractivity contribution in [3.63, 3.8) is 0 Å². The number of hydrogen-bond donors (Lipinski definition) is 1. The zero-order chi connectivity index (χ0) is 14.2. The molecule has 0 aliphatic carbocycles. The van der Waals surface area contributed by atoms with E-state index in [1.165, 1.54) is 4.90 Å². The van der Waals surface area contributed by atoms with E-state index in [9.17, 15) is 14.0 Å². The van der Waals surface area contributed by atoms with Crippen molar-refractivity contribution in [2.24, 2.45) is 0 Å². The number of aromatic nitrogens is 1. The smallest absolute Gasteiger partial charge is 0.410 e. The molecular formula is C13H17FN2O3. The Morgan fingerprint density at radius 3 is 2.79 bits per heavy atom. The lowest BCUT2D eigenvalue weighted by atomic mass is 10.1. The van der Waals surface area contributed by atoms with Crippen LogP contribution in [0.3, 0.4) is 0 Å². The number of hydrogen-bond acceptors (Lipinski definition) is 3. The molecule has 0 saturated heterocycles. The average molecular weight is 268 g/mol. The van der Waals surface area contributed by atoms with Gasteiger partial charge >= 0.3 is 6.09 Å². The van der Waals surface area contributed by atoms with E-state index in [0.717, 1.165) is 6.20 Å². The van der Waals surface area contributed by atoms with Gasteiger partial charge in [-0.05, 0) is 20.8 Å². The molecule has 2 heterocycles. The van der Waals surface area contributed by atoms with Crippen LogP contribution in [0.25, 0.3) is 0 Å². The first-order chi connectivity index (χ1) is 8.78. The molecule has 1 N–H and O–H groups in total. The molecule has 1 aliphatic rings. The molecule has 1 aromatic heterocycles. The van der Waals surface area contributed by atoms with Crippen LogP contribution < -0.4 is 5.43 Å². The second-order valence-electron chi connectivity index (χ2n) is 5.57. The summed E-state index contributed by atoms with van der Waals surface area (Å²) in [6.07, 6.45) is 1.07. The van der Waals surface area contributed by atoms with Gasteiger partial charge in [0.05, 0.1) is 6.54 Å². The lowest BCUT2D eigenvalue weighted by molar-refractivity contribution is 0.0221. The van der Waals surface area contributed by atoms with Crippen molar-refractivity contribution in [1.82, 2.24) is 9.88 Å². The number of amides is 1. The zero-order valence-electron chi connectivity index (χ0n) is 11.2. The fraction of sp³-hybridized carbons (Fsp3) is 0.538. The maximum Gasteiger partial charge on any atom is 0.410 e. The van der Waals surface area contributed by atoms with Gasteiger partial charge < -0.3 is 14.6 Å². The van der Waals surface area contributed by atoms with Gasteiger partial charge in [-0.3, -0.25) is 4.79 Å². The Balaban J connectivity index is 2.20. The van der Waals surface area contributed by atoms with Crippen LogP contribution in [-0.2, 0) is 17.7 Å². The highest BCUT2D eigenvalue weighted by Gasteiger charge is 2.27. The number of halogens is 1. The van der Waals surface area contributed by atoms with Gasteiger partial charge in [0, 0.05) is 30.4 Å². The van der Waals surface area contributed by atoms with Crippen LogP contribution in [0.4, 0.5) is 9.18 Å². The molecule has 0 fully saturated rings. The largest absolute Gasteiger partial charge is 0.444 e. The van der Waals surface area contributed by atoms with Crippen LogP contribution in [0.5, 0.6) is 0 Å². The molecule has 19 heavy (non-hydrogen) atoms. The van der Waals surface area contributed by atoms with E-state index in [-0.39, 0.29) is 6.54 Å². The molecule has 0 spiro atoms. The van der Waals surface area contributed by atoms with Gasteiger partial charge in [0.2, 0.25) is 5.43 Å². The number of nitrogens with one attached hydrogen (secondary N) is 1. The van der Waals surface area contributed by atoms with Gasteiger partial charge in [0.25, 0.3) is 0 Å². The summed E-state index contributed by atoms with van der Waals surface area (Å²) in [5.74, 6) is -0.829. The van der Waals surface area contributed by atoms with Gasteiger partial charge in [0.15, 0.2) is 5.82 Å². The van der Waals surface area contributed by atoms with E-state index in [1.807, 2.05) is 0 Å². The number of fused-ring (bicyclic) bond motifs is 1. The first-order valence-corrected chi connectivity index (χ1v) is 6.15. The monoisotopic (exact) mass is 268 g/mol. The summed E-state index contributed by atoms with van der Waals surface area (Å²) in [5, 5.41) is 0. The highest BCUT2D eigenvalue weighted by Crippen LogP contribution is 2.17. The maximum absolute atomic E-state index is 13.2. The van der Waals surface area contributed by atoms with E-state index < -0.39 is 22.9 Å². The number of aromatic amines is 1. The molecule has 5 nitrogen and oxygen atoms in total. The predicted octanol–water partition coefficient (Wildman–Crippen LogP) is 1.81. The standard InChI is InChI=1S/C13H17FN2O3/c1-13(2,3)19-12(18)16-5-4-10-8(7-16)11(17)9(14)6-15-10/h6H,4-5,7H2,1-3H3,(H,15,17). The van der Waals surface area contributed by atoms with E-state index in [4.69, 9.17) is 4.74 Å². The number of carbonyl (C=O) groups excluding carboxylic acids is 1. The molecule has 0 saturated carbocycles. The topological polar surface area (TPSA) is 62.4 Å². The Labute approximate surface area is 110 Å². The molecule has 104 valence electrons. The van der Waals surface area contributed by atoms with Gasteiger partial charge in [-0.1, -0.05) is 0 Å². The van der Waals surface area contributed by atoms with Crippen LogP contribution in [0.1, 0.15) is 32.0 Å². The minimum absolute atomic E-state index is 0.0807. The molecule has 0 atom stereocenters. The summed E-state index contributed by atoms with van der Waals surface area (Å²) < 4.78 is 18.5. The van der Waals surface area contributed by atoms with Crippen LogP contribution in [-0.4, -0.2) is 28.1 Å². The third kappa shape index (κ3) is 2.94. The van der Waals surface area contributed by atoms with Crippen molar-refractivity contribution in [2.75, 3.05) is 6.54 Å². The van der Waals surface area contributed by atoms with E-state index >= 15 is 0 Å². The number of H-pyrrole nitrogens is 1. The molecule has 1 aromatic rings. The summed E-state index contributed by atoms with van der Waals surface area (Å²) in [7, 11) is 0. The second kappa shape index (κ2) is 4.68. The Hall–Kier alpha value is -1.85. The fourth-order valence-corrected chi connectivity index (χ4v) is 1.97. The molecule has 6 heteroatoms. The summed E-state index contributed by atoms with van der Waals surface area (Å²) in [6.45, 7) is 5.85. The highest BCUT2D eigenvalue weighted by atomic mass is 19.1. The molecule has 1 amide bonds. The molecule has 0 bridgehead atoms. The Morgan fingerprint density at radius 2 is 2.16 bits per heavy atom. The molecule has 0 radical (unpaired) electrons. The molecule has 0 aromatic carbocycles. The van der Waals surface area contributed by atoms with Crippen molar-refractivity contribution in [3.8, 4) is 0 Å². The minimum Gasteiger partial charge on any atom is -0.444 e. The van der Waals surface area contributed by atoms with Gasteiger partial charge in [-0.15, -0.1) is 0 Å². The zero-order valence-corrected chi connectivity index (χ0v) is 11.2. The molecular weight excluding hydrogens is 251 g/mol. The SMILES string of the molecule is CC(C)(C)OC(=O)N1CCc2[nH]cc(F)c(=O)c2C1. The Morgan fingerprint density at radius 1 is 1.47 bits per heavy atom. The molecule has 2 rings (SSSR count).